The van der Waals surface area contributed by atoms with Crippen LogP contribution in [0.15, 0.2) is 47.4 Å². The van der Waals surface area contributed by atoms with Crippen molar-refractivity contribution in [2.45, 2.75) is 55.9 Å². The SMILES string of the molecule is COC(=O)C(C)c1c(-c2ccc(Cl)c(S(=O)(=O)NC3CCCCC3)c2)[nH]c2ccccc12. The number of nitrogens with one attached hydrogen (secondary N) is 2. The molecule has 0 saturated heterocycles. The van der Waals surface area contributed by atoms with Crippen molar-refractivity contribution in [2.24, 2.45) is 0 Å². The predicted octanol–water partition coefficient (Wildman–Crippen LogP) is 5.38. The summed E-state index contributed by atoms with van der Waals surface area (Å²) in [6, 6.07) is 12.5. The number of ether oxygens (including phenoxy) is 1. The number of hydrogen-bond acceptors (Lipinski definition) is 4. The van der Waals surface area contributed by atoms with Gasteiger partial charge in [-0.1, -0.05) is 55.1 Å². The average Bonchev–Trinajstić information content (AvgIpc) is 3.18. The van der Waals surface area contributed by atoms with Crippen LogP contribution in [0.4, 0.5) is 0 Å². The van der Waals surface area contributed by atoms with E-state index < -0.39 is 15.9 Å². The zero-order chi connectivity index (χ0) is 22.9. The molecular weight excluding hydrogens is 448 g/mol. The van der Waals surface area contributed by atoms with Gasteiger partial charge in [0.05, 0.1) is 23.7 Å². The highest BCUT2D eigenvalue weighted by molar-refractivity contribution is 7.89. The van der Waals surface area contributed by atoms with Crippen molar-refractivity contribution in [3.63, 3.8) is 0 Å². The van der Waals surface area contributed by atoms with E-state index in [1.807, 2.05) is 24.3 Å². The number of fused-ring (bicyclic) bond motifs is 1. The molecule has 6 nitrogen and oxygen atoms in total. The van der Waals surface area contributed by atoms with E-state index in [1.165, 1.54) is 7.11 Å². The first-order valence-electron chi connectivity index (χ1n) is 10.8. The molecule has 1 saturated carbocycles. The van der Waals surface area contributed by atoms with Gasteiger partial charge < -0.3 is 9.72 Å². The second kappa shape index (κ2) is 9.25. The molecule has 0 aliphatic heterocycles. The molecule has 1 aliphatic rings. The highest BCUT2D eigenvalue weighted by Gasteiger charge is 2.27. The molecule has 0 spiro atoms. The van der Waals surface area contributed by atoms with Crippen molar-refractivity contribution in [2.75, 3.05) is 7.11 Å². The number of aromatic amines is 1. The minimum atomic E-state index is -3.79. The molecule has 0 radical (unpaired) electrons. The van der Waals surface area contributed by atoms with Crippen LogP contribution in [0.1, 0.15) is 50.5 Å². The largest absolute Gasteiger partial charge is 0.469 e. The fourth-order valence-electron chi connectivity index (χ4n) is 4.50. The first-order valence-corrected chi connectivity index (χ1v) is 12.7. The third kappa shape index (κ3) is 4.42. The third-order valence-corrected chi connectivity index (χ3v) is 8.17. The van der Waals surface area contributed by atoms with Crippen LogP contribution >= 0.6 is 11.6 Å². The monoisotopic (exact) mass is 474 g/mol. The van der Waals surface area contributed by atoms with E-state index in [9.17, 15) is 13.2 Å². The van der Waals surface area contributed by atoms with E-state index in [2.05, 4.69) is 9.71 Å². The topological polar surface area (TPSA) is 88.3 Å². The summed E-state index contributed by atoms with van der Waals surface area (Å²) in [5, 5.41) is 1.05. The summed E-state index contributed by atoms with van der Waals surface area (Å²) in [6.45, 7) is 1.78. The molecular formula is C24H27ClN2O4S. The van der Waals surface area contributed by atoms with Crippen molar-refractivity contribution >= 4 is 38.5 Å². The lowest BCUT2D eigenvalue weighted by Gasteiger charge is -2.23. The standard InChI is InChI=1S/C24H27ClN2O4S/c1-15(24(28)31-2)22-18-10-6-7-11-20(18)26-23(22)16-12-13-19(25)21(14-16)32(29,30)27-17-8-4-3-5-9-17/h6-7,10-15,17,26-27H,3-5,8-9H2,1-2H3. The molecule has 32 heavy (non-hydrogen) atoms. The van der Waals surface area contributed by atoms with Gasteiger partial charge in [0, 0.05) is 16.9 Å². The average molecular weight is 475 g/mol. The van der Waals surface area contributed by atoms with E-state index in [0.29, 0.717) is 11.3 Å². The van der Waals surface area contributed by atoms with E-state index >= 15 is 0 Å². The maximum Gasteiger partial charge on any atom is 0.312 e. The van der Waals surface area contributed by atoms with Gasteiger partial charge in [-0.25, -0.2) is 13.1 Å². The molecule has 0 bridgehead atoms. The second-order valence-electron chi connectivity index (χ2n) is 8.31. The number of benzene rings is 2. The maximum absolute atomic E-state index is 13.2. The molecule has 1 unspecified atom stereocenters. The number of sulfonamides is 1. The van der Waals surface area contributed by atoms with Crippen molar-refractivity contribution in [3.8, 4) is 11.3 Å². The highest BCUT2D eigenvalue weighted by atomic mass is 35.5. The fraction of sp³-hybridized carbons (Fsp3) is 0.375. The number of hydrogen-bond donors (Lipinski definition) is 2. The van der Waals surface area contributed by atoms with Gasteiger partial charge in [-0.05, 0) is 49.1 Å². The van der Waals surface area contributed by atoms with Crippen LogP contribution in [0.3, 0.4) is 0 Å². The summed E-state index contributed by atoms with van der Waals surface area (Å²) in [7, 11) is -2.43. The number of rotatable bonds is 6. The molecule has 1 atom stereocenters. The van der Waals surface area contributed by atoms with Gasteiger partial charge in [0.2, 0.25) is 10.0 Å². The van der Waals surface area contributed by atoms with E-state index in [-0.39, 0.29) is 21.9 Å². The van der Waals surface area contributed by atoms with Crippen LogP contribution < -0.4 is 4.72 Å². The zero-order valence-electron chi connectivity index (χ0n) is 18.2. The van der Waals surface area contributed by atoms with Crippen LogP contribution in [0.2, 0.25) is 5.02 Å². The Morgan fingerprint density at radius 1 is 1.16 bits per heavy atom. The number of para-hydroxylation sites is 1. The number of esters is 1. The molecule has 2 N–H and O–H groups in total. The number of aromatic nitrogens is 1. The zero-order valence-corrected chi connectivity index (χ0v) is 19.7. The van der Waals surface area contributed by atoms with Crippen LogP contribution in [0.25, 0.3) is 22.2 Å². The molecule has 1 heterocycles. The maximum atomic E-state index is 13.2. The van der Waals surface area contributed by atoms with Gasteiger partial charge in [0.1, 0.15) is 4.90 Å². The number of halogens is 1. The van der Waals surface area contributed by atoms with Gasteiger partial charge >= 0.3 is 5.97 Å². The number of methoxy groups -OCH3 is 1. The molecule has 1 aromatic heterocycles. The van der Waals surface area contributed by atoms with Crippen molar-refractivity contribution < 1.29 is 17.9 Å². The summed E-state index contributed by atoms with van der Waals surface area (Å²) < 4.78 is 34.1. The van der Waals surface area contributed by atoms with E-state index in [1.54, 1.807) is 25.1 Å². The lowest BCUT2D eigenvalue weighted by atomic mass is 9.95. The molecule has 170 valence electrons. The van der Waals surface area contributed by atoms with Crippen LogP contribution in [-0.4, -0.2) is 32.5 Å². The van der Waals surface area contributed by atoms with E-state index in [0.717, 1.165) is 48.6 Å². The molecule has 1 aliphatic carbocycles. The number of carbonyl (C=O) groups excluding carboxylic acids is 1. The van der Waals surface area contributed by atoms with Crippen molar-refractivity contribution in [3.05, 3.63) is 53.1 Å². The Morgan fingerprint density at radius 3 is 2.59 bits per heavy atom. The van der Waals surface area contributed by atoms with Crippen molar-refractivity contribution in [1.82, 2.24) is 9.71 Å². The normalized spacial score (nSPS) is 16.2. The van der Waals surface area contributed by atoms with Crippen LogP contribution in [0, 0.1) is 0 Å². The summed E-state index contributed by atoms with van der Waals surface area (Å²) in [4.78, 5) is 15.8. The molecule has 0 amide bonds. The summed E-state index contributed by atoms with van der Waals surface area (Å²) in [5.41, 5.74) is 2.93. The van der Waals surface area contributed by atoms with Gasteiger partial charge in [-0.15, -0.1) is 0 Å². The lowest BCUT2D eigenvalue weighted by molar-refractivity contribution is -0.141. The Morgan fingerprint density at radius 2 is 1.88 bits per heavy atom. The molecule has 1 fully saturated rings. The molecule has 3 aromatic rings. The Labute approximate surface area is 193 Å². The van der Waals surface area contributed by atoms with Gasteiger partial charge in [0.25, 0.3) is 0 Å². The smallest absolute Gasteiger partial charge is 0.312 e. The van der Waals surface area contributed by atoms with Crippen LogP contribution in [-0.2, 0) is 19.6 Å². The first-order chi connectivity index (χ1) is 15.3. The molecule has 4 rings (SSSR count). The lowest BCUT2D eigenvalue weighted by Crippen LogP contribution is -2.36. The Balaban J connectivity index is 1.80. The van der Waals surface area contributed by atoms with Crippen LogP contribution in [0.5, 0.6) is 0 Å². The van der Waals surface area contributed by atoms with Gasteiger partial charge in [-0.2, -0.15) is 0 Å². The summed E-state index contributed by atoms with van der Waals surface area (Å²) in [6.07, 6.45) is 4.84. The number of carbonyl (C=O) groups is 1. The summed E-state index contributed by atoms with van der Waals surface area (Å²) in [5.74, 6) is -0.904. The predicted molar refractivity (Wildman–Crippen MR) is 126 cm³/mol. The minimum absolute atomic E-state index is 0.0394. The fourth-order valence-corrected chi connectivity index (χ4v) is 6.33. The Bertz CT molecular complexity index is 1250. The second-order valence-corrected chi connectivity index (χ2v) is 10.4. The third-order valence-electron chi connectivity index (χ3n) is 6.17. The van der Waals surface area contributed by atoms with E-state index in [4.69, 9.17) is 16.3 Å². The highest BCUT2D eigenvalue weighted by Crippen LogP contribution is 2.38. The summed E-state index contributed by atoms with van der Waals surface area (Å²) >= 11 is 6.34. The Hall–Kier alpha value is -2.35. The number of H-pyrrole nitrogens is 1. The Kier molecular flexibility index (Phi) is 6.60. The van der Waals surface area contributed by atoms with Crippen molar-refractivity contribution in [1.29, 1.82) is 0 Å². The molecule has 2 aromatic carbocycles. The quantitative estimate of drug-likeness (QED) is 0.470. The van der Waals surface area contributed by atoms with Gasteiger partial charge in [0.15, 0.2) is 0 Å². The molecule has 8 heteroatoms. The minimum Gasteiger partial charge on any atom is -0.469 e. The first kappa shape index (κ1) is 22.8. The van der Waals surface area contributed by atoms with Gasteiger partial charge in [-0.3, -0.25) is 4.79 Å².